The summed E-state index contributed by atoms with van der Waals surface area (Å²) in [5, 5.41) is 13.6. The molecule has 0 aliphatic carbocycles. The minimum Gasteiger partial charge on any atom is -0.480 e. The monoisotopic (exact) mass is 340 g/mol. The number of carbonyl (C=O) groups is 1. The number of nitrogens with zero attached hydrogens (tertiary/aromatic N) is 2. The van der Waals surface area contributed by atoms with Crippen molar-refractivity contribution in [3.8, 4) is 0 Å². The molecule has 0 radical (unpaired) electrons. The average Bonchev–Trinajstić information content (AvgIpc) is 2.53. The van der Waals surface area contributed by atoms with Crippen molar-refractivity contribution in [2.45, 2.75) is 12.6 Å². The van der Waals surface area contributed by atoms with Gasteiger partial charge in [-0.05, 0) is 12.0 Å². The number of halogens is 3. The summed E-state index contributed by atoms with van der Waals surface area (Å²) in [7, 11) is 0. The van der Waals surface area contributed by atoms with Gasteiger partial charge in [0.2, 0.25) is 5.95 Å². The van der Waals surface area contributed by atoms with E-state index in [1.165, 1.54) is 0 Å². The summed E-state index contributed by atoms with van der Waals surface area (Å²) in [6, 6.07) is 10.2. The van der Waals surface area contributed by atoms with Gasteiger partial charge in [0, 0.05) is 12.6 Å². The first-order chi connectivity index (χ1) is 11.3. The quantitative estimate of drug-likeness (QED) is 0.718. The molecule has 128 valence electrons. The molecule has 2 aromatic rings. The lowest BCUT2D eigenvalue weighted by Crippen LogP contribution is -2.18. The van der Waals surface area contributed by atoms with Crippen molar-refractivity contribution in [1.82, 2.24) is 9.97 Å². The number of carboxylic acids is 1. The lowest BCUT2D eigenvalue weighted by atomic mass is 10.1. The van der Waals surface area contributed by atoms with Gasteiger partial charge in [0.15, 0.2) is 5.69 Å². The number of alkyl halides is 3. The van der Waals surface area contributed by atoms with Gasteiger partial charge in [0.05, 0.1) is 0 Å². The Labute approximate surface area is 135 Å². The van der Waals surface area contributed by atoms with Crippen molar-refractivity contribution < 1.29 is 23.1 Å². The van der Waals surface area contributed by atoms with Crippen LogP contribution < -0.4 is 10.6 Å². The molecule has 0 atom stereocenters. The van der Waals surface area contributed by atoms with Gasteiger partial charge in [-0.3, -0.25) is 4.79 Å². The highest BCUT2D eigenvalue weighted by Crippen LogP contribution is 2.29. The molecule has 0 saturated carbocycles. The molecule has 0 aliphatic heterocycles. The fraction of sp³-hybridized carbons (Fsp3) is 0.267. The van der Waals surface area contributed by atoms with Crippen LogP contribution in [0.2, 0.25) is 0 Å². The van der Waals surface area contributed by atoms with E-state index in [1.54, 1.807) is 0 Å². The summed E-state index contributed by atoms with van der Waals surface area (Å²) < 4.78 is 38.6. The van der Waals surface area contributed by atoms with Crippen molar-refractivity contribution in [3.05, 3.63) is 47.7 Å². The van der Waals surface area contributed by atoms with Crippen LogP contribution in [0, 0.1) is 0 Å². The van der Waals surface area contributed by atoms with E-state index >= 15 is 0 Å². The molecule has 9 heteroatoms. The number of hydrogen-bond donors (Lipinski definition) is 3. The van der Waals surface area contributed by atoms with Gasteiger partial charge in [0.25, 0.3) is 0 Å². The van der Waals surface area contributed by atoms with Gasteiger partial charge in [-0.1, -0.05) is 30.3 Å². The van der Waals surface area contributed by atoms with Gasteiger partial charge >= 0.3 is 12.1 Å². The number of benzene rings is 1. The van der Waals surface area contributed by atoms with E-state index in [-0.39, 0.29) is 5.82 Å². The smallest absolute Gasteiger partial charge is 0.433 e. The van der Waals surface area contributed by atoms with E-state index in [9.17, 15) is 18.0 Å². The second kappa shape index (κ2) is 7.62. The summed E-state index contributed by atoms with van der Waals surface area (Å²) in [6.45, 7) is -0.207. The minimum atomic E-state index is -4.65. The van der Waals surface area contributed by atoms with Crippen LogP contribution in [0.5, 0.6) is 0 Å². The van der Waals surface area contributed by atoms with Crippen LogP contribution >= 0.6 is 0 Å². The fourth-order valence-electron chi connectivity index (χ4n) is 1.90. The first-order valence-electron chi connectivity index (χ1n) is 7.04. The van der Waals surface area contributed by atoms with Crippen LogP contribution in [0.4, 0.5) is 24.9 Å². The molecule has 6 nitrogen and oxygen atoms in total. The van der Waals surface area contributed by atoms with E-state index < -0.39 is 30.3 Å². The van der Waals surface area contributed by atoms with Gasteiger partial charge < -0.3 is 15.7 Å². The van der Waals surface area contributed by atoms with E-state index in [0.29, 0.717) is 13.0 Å². The summed E-state index contributed by atoms with van der Waals surface area (Å²) >= 11 is 0. The van der Waals surface area contributed by atoms with Crippen molar-refractivity contribution in [2.24, 2.45) is 0 Å². The topological polar surface area (TPSA) is 87.1 Å². The third kappa shape index (κ3) is 5.41. The standard InChI is InChI=1S/C15H15F3N4O2/c16-15(17,18)11-8-12(22-14(21-11)20-9-13(23)24)19-7-6-10-4-2-1-3-5-10/h1-5,8H,6-7,9H2,(H,23,24)(H2,19,20,21,22). The molecule has 0 bridgehead atoms. The number of anilines is 2. The largest absolute Gasteiger partial charge is 0.480 e. The van der Waals surface area contributed by atoms with Gasteiger partial charge in [-0.25, -0.2) is 4.98 Å². The Morgan fingerprint density at radius 1 is 1.12 bits per heavy atom. The van der Waals surface area contributed by atoms with Crippen LogP contribution in [0.15, 0.2) is 36.4 Å². The van der Waals surface area contributed by atoms with E-state index in [4.69, 9.17) is 5.11 Å². The normalized spacial score (nSPS) is 11.1. The lowest BCUT2D eigenvalue weighted by Gasteiger charge is -2.12. The third-order valence-electron chi connectivity index (χ3n) is 2.98. The second-order valence-corrected chi connectivity index (χ2v) is 4.87. The number of rotatable bonds is 7. The highest BCUT2D eigenvalue weighted by Gasteiger charge is 2.33. The number of aliphatic carboxylic acids is 1. The molecule has 0 fully saturated rings. The summed E-state index contributed by atoms with van der Waals surface area (Å²) in [4.78, 5) is 17.7. The number of aromatic nitrogens is 2. The van der Waals surface area contributed by atoms with E-state index in [1.807, 2.05) is 30.3 Å². The van der Waals surface area contributed by atoms with Crippen LogP contribution in [0.25, 0.3) is 0 Å². The molecular formula is C15H15F3N4O2. The molecule has 0 spiro atoms. The first kappa shape index (κ1) is 17.5. The van der Waals surface area contributed by atoms with Crippen LogP contribution in [0.1, 0.15) is 11.3 Å². The predicted molar refractivity (Wildman–Crippen MR) is 81.8 cm³/mol. The molecule has 1 aromatic heterocycles. The Hall–Kier alpha value is -2.84. The van der Waals surface area contributed by atoms with Crippen molar-refractivity contribution in [1.29, 1.82) is 0 Å². The van der Waals surface area contributed by atoms with Crippen molar-refractivity contribution in [2.75, 3.05) is 23.7 Å². The Morgan fingerprint density at radius 3 is 2.46 bits per heavy atom. The Morgan fingerprint density at radius 2 is 1.83 bits per heavy atom. The van der Waals surface area contributed by atoms with Crippen LogP contribution in [-0.2, 0) is 17.4 Å². The summed E-state index contributed by atoms with van der Waals surface area (Å²) in [6.07, 6.45) is -4.05. The van der Waals surface area contributed by atoms with E-state index in [0.717, 1.165) is 11.6 Å². The van der Waals surface area contributed by atoms with Crippen molar-refractivity contribution in [3.63, 3.8) is 0 Å². The molecule has 1 aromatic carbocycles. The van der Waals surface area contributed by atoms with Gasteiger partial charge in [-0.15, -0.1) is 0 Å². The van der Waals surface area contributed by atoms with Crippen molar-refractivity contribution >= 4 is 17.7 Å². The zero-order chi connectivity index (χ0) is 17.6. The Bertz CT molecular complexity index is 693. The van der Waals surface area contributed by atoms with Gasteiger partial charge in [0.1, 0.15) is 12.4 Å². The number of carboxylic acid groups (broad SMARTS) is 1. The maximum atomic E-state index is 12.9. The van der Waals surface area contributed by atoms with Crippen LogP contribution in [0.3, 0.4) is 0 Å². The molecule has 1 heterocycles. The Balaban J connectivity index is 2.09. The summed E-state index contributed by atoms with van der Waals surface area (Å²) in [5.74, 6) is -1.65. The van der Waals surface area contributed by atoms with Crippen LogP contribution in [-0.4, -0.2) is 34.1 Å². The molecule has 0 unspecified atom stereocenters. The molecule has 24 heavy (non-hydrogen) atoms. The minimum absolute atomic E-state index is 0.0267. The highest BCUT2D eigenvalue weighted by molar-refractivity contribution is 5.71. The molecule has 0 saturated heterocycles. The fourth-order valence-corrected chi connectivity index (χ4v) is 1.90. The SMILES string of the molecule is O=C(O)CNc1nc(NCCc2ccccc2)cc(C(F)(F)F)n1. The van der Waals surface area contributed by atoms with Gasteiger partial charge in [-0.2, -0.15) is 18.2 Å². The third-order valence-corrected chi connectivity index (χ3v) is 2.98. The maximum absolute atomic E-state index is 12.9. The zero-order valence-corrected chi connectivity index (χ0v) is 12.5. The molecule has 2 rings (SSSR count). The number of hydrogen-bond acceptors (Lipinski definition) is 5. The molecule has 3 N–H and O–H groups in total. The molecule has 0 aliphatic rings. The maximum Gasteiger partial charge on any atom is 0.433 e. The second-order valence-electron chi connectivity index (χ2n) is 4.87. The average molecular weight is 340 g/mol. The molecular weight excluding hydrogens is 325 g/mol. The number of nitrogens with one attached hydrogen (secondary N) is 2. The zero-order valence-electron chi connectivity index (χ0n) is 12.5. The highest BCUT2D eigenvalue weighted by atomic mass is 19.4. The molecule has 0 amide bonds. The van der Waals surface area contributed by atoms with E-state index in [2.05, 4.69) is 20.6 Å². The first-order valence-corrected chi connectivity index (χ1v) is 7.04. The predicted octanol–water partition coefficient (Wildman–Crippen LogP) is 2.65. The Kier molecular flexibility index (Phi) is 5.56. The summed E-state index contributed by atoms with van der Waals surface area (Å²) in [5.41, 5.74) is -0.119. The lowest BCUT2D eigenvalue weighted by molar-refractivity contribution is -0.141.